The van der Waals surface area contributed by atoms with Gasteiger partial charge in [0.1, 0.15) is 5.82 Å². The molecule has 0 bridgehead atoms. The Bertz CT molecular complexity index is 602. The molecule has 0 radical (unpaired) electrons. The number of carbonyl (C=O) groups is 1. The first-order chi connectivity index (χ1) is 9.04. The predicted molar refractivity (Wildman–Crippen MR) is 82.6 cm³/mol. The van der Waals surface area contributed by atoms with Gasteiger partial charge in [0.05, 0.1) is 11.4 Å². The minimum Gasteiger partial charge on any atom is -0.399 e. The summed E-state index contributed by atoms with van der Waals surface area (Å²) in [5, 5.41) is 2.81. The Morgan fingerprint density at radius 3 is 3.00 bits per heavy atom. The van der Waals surface area contributed by atoms with E-state index in [4.69, 9.17) is 5.73 Å². The number of nitrogens with one attached hydrogen (secondary N) is 1. The van der Waals surface area contributed by atoms with Gasteiger partial charge < -0.3 is 11.1 Å². The highest BCUT2D eigenvalue weighted by molar-refractivity contribution is 9.10. The van der Waals surface area contributed by atoms with Gasteiger partial charge in [0.2, 0.25) is 5.91 Å². The molecule has 19 heavy (non-hydrogen) atoms. The SMILES string of the molecule is Cc1nsc(SCC(=O)Nc2ccc(N)cc2Br)n1. The lowest BCUT2D eigenvalue weighted by atomic mass is 10.3. The maximum atomic E-state index is 11.8. The van der Waals surface area contributed by atoms with Crippen LogP contribution in [0.3, 0.4) is 0 Å². The average Bonchev–Trinajstić information content (AvgIpc) is 2.76. The Hall–Kier alpha value is -1.12. The molecule has 0 saturated heterocycles. The van der Waals surface area contributed by atoms with E-state index in [9.17, 15) is 4.79 Å². The largest absolute Gasteiger partial charge is 0.399 e. The minimum absolute atomic E-state index is 0.0941. The van der Waals surface area contributed by atoms with Gasteiger partial charge in [-0.1, -0.05) is 11.8 Å². The van der Waals surface area contributed by atoms with E-state index in [1.807, 2.05) is 6.92 Å². The van der Waals surface area contributed by atoms with E-state index in [1.165, 1.54) is 23.3 Å². The summed E-state index contributed by atoms with van der Waals surface area (Å²) < 4.78 is 5.62. The zero-order valence-electron chi connectivity index (χ0n) is 10.0. The van der Waals surface area contributed by atoms with E-state index < -0.39 is 0 Å². The molecule has 2 rings (SSSR count). The van der Waals surface area contributed by atoms with E-state index in [0.29, 0.717) is 17.1 Å². The third-order valence-electron chi connectivity index (χ3n) is 2.10. The number of carbonyl (C=O) groups excluding carboxylic acids is 1. The number of hydrogen-bond donors (Lipinski definition) is 2. The second-order valence-corrected chi connectivity index (χ2v) is 6.51. The summed E-state index contributed by atoms with van der Waals surface area (Å²) in [6, 6.07) is 5.25. The lowest BCUT2D eigenvalue weighted by Gasteiger charge is -2.07. The van der Waals surface area contributed by atoms with Gasteiger partial charge in [0, 0.05) is 10.2 Å². The number of thioether (sulfide) groups is 1. The quantitative estimate of drug-likeness (QED) is 0.648. The van der Waals surface area contributed by atoms with Crippen LogP contribution < -0.4 is 11.1 Å². The molecule has 0 aliphatic rings. The Kier molecular flexibility index (Phi) is 4.78. The van der Waals surface area contributed by atoms with Crippen molar-refractivity contribution in [3.05, 3.63) is 28.5 Å². The molecule has 0 spiro atoms. The number of benzene rings is 1. The smallest absolute Gasteiger partial charge is 0.234 e. The van der Waals surface area contributed by atoms with Crippen LogP contribution >= 0.6 is 39.2 Å². The summed E-state index contributed by atoms with van der Waals surface area (Å²) in [4.78, 5) is 16.0. The van der Waals surface area contributed by atoms with Crippen LogP contribution in [0.15, 0.2) is 27.0 Å². The van der Waals surface area contributed by atoms with Crippen molar-refractivity contribution in [3.8, 4) is 0 Å². The van der Waals surface area contributed by atoms with E-state index >= 15 is 0 Å². The first-order valence-electron chi connectivity index (χ1n) is 5.32. The number of halogens is 1. The fourth-order valence-electron chi connectivity index (χ4n) is 1.28. The van der Waals surface area contributed by atoms with E-state index in [-0.39, 0.29) is 5.91 Å². The fraction of sp³-hybridized carbons (Fsp3) is 0.182. The second kappa shape index (κ2) is 6.36. The van der Waals surface area contributed by atoms with Crippen molar-refractivity contribution in [1.82, 2.24) is 9.36 Å². The topological polar surface area (TPSA) is 80.9 Å². The molecule has 3 N–H and O–H groups in total. The number of anilines is 2. The molecule has 1 aromatic heterocycles. The molecular weight excluding hydrogens is 348 g/mol. The van der Waals surface area contributed by atoms with Crippen molar-refractivity contribution < 1.29 is 4.79 Å². The Morgan fingerprint density at radius 1 is 1.58 bits per heavy atom. The molecule has 2 aromatic rings. The molecule has 0 unspecified atom stereocenters. The zero-order chi connectivity index (χ0) is 13.8. The summed E-state index contributed by atoms with van der Waals surface area (Å²) >= 11 is 6.02. The van der Waals surface area contributed by atoms with Crippen molar-refractivity contribution in [2.45, 2.75) is 11.3 Å². The molecule has 0 saturated carbocycles. The number of hydrogen-bond acceptors (Lipinski definition) is 6. The maximum absolute atomic E-state index is 11.8. The molecule has 5 nitrogen and oxygen atoms in total. The van der Waals surface area contributed by atoms with Gasteiger partial charge in [0.25, 0.3) is 0 Å². The number of nitrogen functional groups attached to an aromatic ring is 1. The molecule has 1 heterocycles. The van der Waals surface area contributed by atoms with Crippen molar-refractivity contribution in [2.75, 3.05) is 16.8 Å². The number of amides is 1. The maximum Gasteiger partial charge on any atom is 0.234 e. The van der Waals surface area contributed by atoms with Gasteiger partial charge in [-0.25, -0.2) is 4.98 Å². The standard InChI is InChI=1S/C11H11BrN4OS2/c1-6-14-11(19-16-6)18-5-10(17)15-9-3-2-7(13)4-8(9)12/h2-4H,5,13H2,1H3,(H,15,17). The number of aryl methyl sites for hydroxylation is 1. The highest BCUT2D eigenvalue weighted by atomic mass is 79.9. The third kappa shape index (κ3) is 4.19. The average molecular weight is 359 g/mol. The van der Waals surface area contributed by atoms with Gasteiger partial charge in [-0.3, -0.25) is 4.79 Å². The van der Waals surface area contributed by atoms with Crippen LogP contribution in [0.2, 0.25) is 0 Å². The van der Waals surface area contributed by atoms with Crippen LogP contribution in [-0.2, 0) is 4.79 Å². The number of rotatable bonds is 4. The second-order valence-electron chi connectivity index (χ2n) is 3.68. The summed E-state index contributed by atoms with van der Waals surface area (Å²) in [5.41, 5.74) is 6.98. The highest BCUT2D eigenvalue weighted by Crippen LogP contribution is 2.25. The van der Waals surface area contributed by atoms with Crippen LogP contribution in [0.4, 0.5) is 11.4 Å². The highest BCUT2D eigenvalue weighted by Gasteiger charge is 2.08. The van der Waals surface area contributed by atoms with Gasteiger partial charge in [-0.2, -0.15) is 4.37 Å². The summed E-state index contributed by atoms with van der Waals surface area (Å²) in [6.45, 7) is 1.83. The fourth-order valence-corrected chi connectivity index (χ4v) is 3.23. The van der Waals surface area contributed by atoms with Gasteiger partial charge in [-0.15, -0.1) is 0 Å². The van der Waals surface area contributed by atoms with Crippen molar-refractivity contribution in [1.29, 1.82) is 0 Å². The van der Waals surface area contributed by atoms with E-state index in [2.05, 4.69) is 30.6 Å². The first-order valence-corrected chi connectivity index (χ1v) is 7.88. The predicted octanol–water partition coefficient (Wildman–Crippen LogP) is 2.92. The molecule has 1 amide bonds. The first kappa shape index (κ1) is 14.3. The number of aromatic nitrogens is 2. The van der Waals surface area contributed by atoms with Crippen LogP contribution in [0.25, 0.3) is 0 Å². The van der Waals surface area contributed by atoms with E-state index in [1.54, 1.807) is 18.2 Å². The number of nitrogens with zero attached hydrogens (tertiary/aromatic N) is 2. The van der Waals surface area contributed by atoms with Crippen molar-refractivity contribution >= 4 is 56.5 Å². The molecule has 0 aliphatic carbocycles. The summed E-state index contributed by atoms with van der Waals surface area (Å²) in [5.74, 6) is 0.934. The Labute approximate surface area is 127 Å². The number of nitrogens with two attached hydrogens (primary N) is 1. The molecule has 1 aromatic carbocycles. The van der Waals surface area contributed by atoms with Crippen LogP contribution in [0, 0.1) is 6.92 Å². The third-order valence-corrected chi connectivity index (χ3v) is 4.68. The summed E-state index contributed by atoms with van der Waals surface area (Å²) in [6.07, 6.45) is 0. The van der Waals surface area contributed by atoms with Crippen LogP contribution in [0.1, 0.15) is 5.82 Å². The van der Waals surface area contributed by atoms with Gasteiger partial charge in [0.15, 0.2) is 4.34 Å². The Balaban J connectivity index is 1.90. The lowest BCUT2D eigenvalue weighted by Crippen LogP contribution is -2.14. The molecule has 0 fully saturated rings. The molecule has 0 atom stereocenters. The van der Waals surface area contributed by atoms with Crippen molar-refractivity contribution in [2.24, 2.45) is 0 Å². The molecule has 8 heteroatoms. The van der Waals surface area contributed by atoms with E-state index in [0.717, 1.165) is 14.6 Å². The van der Waals surface area contributed by atoms with Gasteiger partial charge >= 0.3 is 0 Å². The van der Waals surface area contributed by atoms with Crippen molar-refractivity contribution in [3.63, 3.8) is 0 Å². The normalized spacial score (nSPS) is 10.4. The molecule has 0 aliphatic heterocycles. The minimum atomic E-state index is -0.0941. The van der Waals surface area contributed by atoms with Gasteiger partial charge in [-0.05, 0) is 52.6 Å². The van der Waals surface area contributed by atoms with Crippen LogP contribution in [-0.4, -0.2) is 21.0 Å². The Morgan fingerprint density at radius 2 is 2.37 bits per heavy atom. The monoisotopic (exact) mass is 358 g/mol. The summed E-state index contributed by atoms with van der Waals surface area (Å²) in [7, 11) is 0. The molecular formula is C11H11BrN4OS2. The lowest BCUT2D eigenvalue weighted by molar-refractivity contribution is -0.113. The zero-order valence-corrected chi connectivity index (χ0v) is 13.2. The van der Waals surface area contributed by atoms with Crippen LogP contribution in [0.5, 0.6) is 0 Å². The molecule has 100 valence electrons.